The van der Waals surface area contributed by atoms with Crippen LogP contribution in [0.3, 0.4) is 0 Å². The Morgan fingerprint density at radius 1 is 1.30 bits per heavy atom. The summed E-state index contributed by atoms with van der Waals surface area (Å²) < 4.78 is 5.57. The Kier molecular flexibility index (Phi) is 9.24. The zero-order valence-electron chi connectivity index (χ0n) is 13.9. The Bertz CT molecular complexity index is 504. The average Bonchev–Trinajstić information content (AvgIpc) is 2.56. The number of aliphatic imine (C=N–C) groups is 1. The van der Waals surface area contributed by atoms with E-state index in [1.54, 1.807) is 7.05 Å². The first kappa shape index (κ1) is 20.5. The zero-order valence-corrected chi connectivity index (χ0v) is 17.0. The molecule has 1 aromatic rings. The number of rotatable bonds is 5. The van der Waals surface area contributed by atoms with Crippen molar-refractivity contribution >= 4 is 41.5 Å². The smallest absolute Gasteiger partial charge is 0.191 e. The third kappa shape index (κ3) is 5.80. The molecule has 6 heteroatoms. The Labute approximate surface area is 161 Å². The van der Waals surface area contributed by atoms with Crippen LogP contribution in [0.25, 0.3) is 0 Å². The van der Waals surface area contributed by atoms with Gasteiger partial charge in [-0.05, 0) is 37.0 Å². The van der Waals surface area contributed by atoms with Crippen molar-refractivity contribution in [3.8, 4) is 0 Å². The summed E-state index contributed by atoms with van der Waals surface area (Å²) in [5.41, 5.74) is 1.33. The summed E-state index contributed by atoms with van der Waals surface area (Å²) in [5, 5.41) is 7.58. The average molecular weight is 452 g/mol. The van der Waals surface area contributed by atoms with Crippen LogP contribution in [0.4, 0.5) is 0 Å². The number of hydrogen-bond acceptors (Lipinski definition) is 2. The molecule has 0 amide bonds. The second-order valence-corrected chi connectivity index (χ2v) is 6.19. The van der Waals surface area contributed by atoms with Gasteiger partial charge in [-0.2, -0.15) is 0 Å². The molecule has 0 aliphatic carbocycles. The monoisotopic (exact) mass is 451 g/mol. The van der Waals surface area contributed by atoms with E-state index >= 15 is 0 Å². The first-order valence-electron chi connectivity index (χ1n) is 7.98. The van der Waals surface area contributed by atoms with Crippen molar-refractivity contribution in [2.24, 2.45) is 4.99 Å². The van der Waals surface area contributed by atoms with E-state index in [2.05, 4.69) is 34.7 Å². The summed E-state index contributed by atoms with van der Waals surface area (Å²) in [6.07, 6.45) is 3.06. The van der Waals surface area contributed by atoms with Crippen LogP contribution < -0.4 is 10.6 Å². The van der Waals surface area contributed by atoms with Gasteiger partial charge in [0.05, 0.1) is 0 Å². The normalized spacial score (nSPS) is 17.3. The molecule has 23 heavy (non-hydrogen) atoms. The van der Waals surface area contributed by atoms with Gasteiger partial charge < -0.3 is 15.4 Å². The van der Waals surface area contributed by atoms with Gasteiger partial charge in [0, 0.05) is 43.8 Å². The maximum atomic E-state index is 6.20. The van der Waals surface area contributed by atoms with Crippen molar-refractivity contribution in [2.75, 3.05) is 33.4 Å². The molecule has 0 saturated carbocycles. The highest BCUT2D eigenvalue weighted by atomic mass is 127. The molecule has 0 atom stereocenters. The minimum atomic E-state index is 0. The summed E-state index contributed by atoms with van der Waals surface area (Å²) in [6.45, 7) is 5.48. The predicted molar refractivity (Wildman–Crippen MR) is 108 cm³/mol. The van der Waals surface area contributed by atoms with Crippen LogP contribution in [0.15, 0.2) is 29.3 Å². The van der Waals surface area contributed by atoms with Gasteiger partial charge in [-0.25, -0.2) is 0 Å². The van der Waals surface area contributed by atoms with Crippen molar-refractivity contribution in [2.45, 2.75) is 31.6 Å². The molecule has 0 radical (unpaired) electrons. The van der Waals surface area contributed by atoms with Gasteiger partial charge in [0.25, 0.3) is 0 Å². The lowest BCUT2D eigenvalue weighted by molar-refractivity contribution is 0.0514. The molecule has 1 aromatic carbocycles. The highest BCUT2D eigenvalue weighted by molar-refractivity contribution is 14.0. The van der Waals surface area contributed by atoms with Gasteiger partial charge in [-0.15, -0.1) is 24.0 Å². The van der Waals surface area contributed by atoms with Crippen molar-refractivity contribution < 1.29 is 4.74 Å². The standard InChI is InChI=1S/C17H26ClN3O.HI/c1-3-9-20-16(19-2)21-13-17(7-10-22-11-8-17)14-5-4-6-15(18)12-14;/h4-6,12H,3,7-11,13H2,1-2H3,(H2,19,20,21);1H. The number of nitrogens with one attached hydrogen (secondary N) is 2. The van der Waals surface area contributed by atoms with Crippen molar-refractivity contribution in [1.82, 2.24) is 10.6 Å². The third-order valence-corrected chi connectivity index (χ3v) is 4.48. The number of benzene rings is 1. The lowest BCUT2D eigenvalue weighted by Gasteiger charge is -2.38. The molecule has 0 bridgehead atoms. The fourth-order valence-electron chi connectivity index (χ4n) is 2.86. The molecule has 4 nitrogen and oxygen atoms in total. The molecule has 0 unspecified atom stereocenters. The van der Waals surface area contributed by atoms with E-state index in [1.165, 1.54) is 5.56 Å². The molecule has 0 spiro atoms. The van der Waals surface area contributed by atoms with E-state index in [1.807, 2.05) is 12.1 Å². The van der Waals surface area contributed by atoms with Crippen LogP contribution >= 0.6 is 35.6 Å². The van der Waals surface area contributed by atoms with Gasteiger partial charge in [0.1, 0.15) is 0 Å². The fourth-order valence-corrected chi connectivity index (χ4v) is 3.06. The summed E-state index contributed by atoms with van der Waals surface area (Å²) in [5.74, 6) is 0.856. The number of nitrogens with zero attached hydrogens (tertiary/aromatic N) is 1. The van der Waals surface area contributed by atoms with E-state index in [0.717, 1.165) is 56.5 Å². The maximum absolute atomic E-state index is 6.20. The predicted octanol–water partition coefficient (Wildman–Crippen LogP) is 3.58. The second kappa shape index (κ2) is 10.4. The van der Waals surface area contributed by atoms with E-state index in [-0.39, 0.29) is 29.4 Å². The minimum Gasteiger partial charge on any atom is -0.381 e. The van der Waals surface area contributed by atoms with E-state index in [9.17, 15) is 0 Å². The largest absolute Gasteiger partial charge is 0.381 e. The Balaban J connectivity index is 0.00000264. The maximum Gasteiger partial charge on any atom is 0.191 e. The molecule has 2 N–H and O–H groups in total. The number of guanidine groups is 1. The van der Waals surface area contributed by atoms with E-state index in [4.69, 9.17) is 16.3 Å². The first-order valence-corrected chi connectivity index (χ1v) is 8.36. The van der Waals surface area contributed by atoms with Crippen LogP contribution in [0.5, 0.6) is 0 Å². The van der Waals surface area contributed by atoms with Crippen molar-refractivity contribution in [1.29, 1.82) is 0 Å². The van der Waals surface area contributed by atoms with Crippen LogP contribution in [0.1, 0.15) is 31.7 Å². The summed E-state index contributed by atoms with van der Waals surface area (Å²) >= 11 is 6.20. The quantitative estimate of drug-likeness (QED) is 0.409. The molecule has 1 aliphatic heterocycles. The van der Waals surface area contributed by atoms with Crippen molar-refractivity contribution in [3.63, 3.8) is 0 Å². The van der Waals surface area contributed by atoms with Crippen molar-refractivity contribution in [3.05, 3.63) is 34.9 Å². The van der Waals surface area contributed by atoms with Crippen LogP contribution in [-0.2, 0) is 10.2 Å². The summed E-state index contributed by atoms with van der Waals surface area (Å²) in [4.78, 5) is 4.29. The Morgan fingerprint density at radius 3 is 2.65 bits per heavy atom. The summed E-state index contributed by atoms with van der Waals surface area (Å²) in [7, 11) is 1.81. The van der Waals surface area contributed by atoms with Gasteiger partial charge in [0.2, 0.25) is 0 Å². The lowest BCUT2D eigenvalue weighted by atomic mass is 9.74. The molecule has 130 valence electrons. The van der Waals surface area contributed by atoms with Crippen LogP contribution in [-0.4, -0.2) is 39.3 Å². The number of halogens is 2. The Morgan fingerprint density at radius 2 is 2.04 bits per heavy atom. The van der Waals surface area contributed by atoms with E-state index < -0.39 is 0 Å². The molecule has 1 aliphatic rings. The van der Waals surface area contributed by atoms with Gasteiger partial charge in [-0.3, -0.25) is 4.99 Å². The van der Waals surface area contributed by atoms with Crippen LogP contribution in [0.2, 0.25) is 5.02 Å². The molecule has 1 heterocycles. The molecule has 1 saturated heterocycles. The molecular formula is C17H27ClIN3O. The summed E-state index contributed by atoms with van der Waals surface area (Å²) in [6, 6.07) is 8.20. The number of hydrogen-bond donors (Lipinski definition) is 2. The van der Waals surface area contributed by atoms with Crippen LogP contribution in [0, 0.1) is 0 Å². The first-order chi connectivity index (χ1) is 10.7. The van der Waals surface area contributed by atoms with E-state index in [0.29, 0.717) is 0 Å². The molecule has 2 rings (SSSR count). The van der Waals surface area contributed by atoms with Gasteiger partial charge in [0.15, 0.2) is 5.96 Å². The zero-order chi connectivity index (χ0) is 15.8. The lowest BCUT2D eigenvalue weighted by Crippen LogP contribution is -2.48. The van der Waals surface area contributed by atoms with Gasteiger partial charge in [-0.1, -0.05) is 30.7 Å². The molecular weight excluding hydrogens is 425 g/mol. The number of ether oxygens (including phenoxy) is 1. The van der Waals surface area contributed by atoms with Gasteiger partial charge >= 0.3 is 0 Å². The topological polar surface area (TPSA) is 45.7 Å². The fraction of sp³-hybridized carbons (Fsp3) is 0.588. The Hall–Kier alpha value is -0.530. The minimum absolute atomic E-state index is 0. The second-order valence-electron chi connectivity index (χ2n) is 5.76. The molecule has 0 aromatic heterocycles. The molecule has 1 fully saturated rings. The highest BCUT2D eigenvalue weighted by Gasteiger charge is 2.34. The highest BCUT2D eigenvalue weighted by Crippen LogP contribution is 2.35. The third-order valence-electron chi connectivity index (χ3n) is 4.25. The SMILES string of the molecule is CCCNC(=NC)NCC1(c2cccc(Cl)c2)CCOCC1.I.